The van der Waals surface area contributed by atoms with Crippen molar-refractivity contribution >= 4 is 11.4 Å². The number of benzene rings is 1. The molecule has 1 atom stereocenters. The third-order valence-corrected chi connectivity index (χ3v) is 5.46. The normalized spacial score (nSPS) is 16.9. The summed E-state index contributed by atoms with van der Waals surface area (Å²) < 4.78 is 7.23. The standard InChI is InChI=1S/C23H29N5O/c1-4-28-15-18(13-24-28)14-27-10-9-19(16-27)23-12-21(11-17(2)25-23)26-20-5-7-22(29-3)8-6-20/h5-8,11-13,15,19H,4,9-10,14,16H2,1-3H3,(H,25,26)/t19-/m0/s1. The number of aromatic nitrogens is 3. The van der Waals surface area contributed by atoms with E-state index in [-0.39, 0.29) is 0 Å². The molecule has 152 valence electrons. The zero-order valence-corrected chi connectivity index (χ0v) is 17.4. The van der Waals surface area contributed by atoms with E-state index in [2.05, 4.69) is 47.5 Å². The van der Waals surface area contributed by atoms with Gasteiger partial charge in [0.05, 0.1) is 13.3 Å². The average Bonchev–Trinajstić information content (AvgIpc) is 3.38. The number of nitrogens with one attached hydrogen (secondary N) is 1. The van der Waals surface area contributed by atoms with E-state index in [0.29, 0.717) is 5.92 Å². The average molecular weight is 392 g/mol. The van der Waals surface area contributed by atoms with Crippen molar-refractivity contribution in [3.8, 4) is 5.75 Å². The lowest BCUT2D eigenvalue weighted by Gasteiger charge is -2.16. The van der Waals surface area contributed by atoms with Gasteiger partial charge in [0.15, 0.2) is 0 Å². The van der Waals surface area contributed by atoms with Gasteiger partial charge in [0, 0.05) is 60.1 Å². The number of anilines is 2. The Bertz CT molecular complexity index is 950. The number of aryl methyl sites for hydroxylation is 2. The predicted molar refractivity (Wildman–Crippen MR) is 116 cm³/mol. The molecular formula is C23H29N5O. The Morgan fingerprint density at radius 3 is 2.72 bits per heavy atom. The fourth-order valence-corrected chi connectivity index (χ4v) is 3.95. The van der Waals surface area contributed by atoms with Crippen LogP contribution in [-0.4, -0.2) is 39.9 Å². The second kappa shape index (κ2) is 8.66. The summed E-state index contributed by atoms with van der Waals surface area (Å²) in [5, 5.41) is 7.89. The summed E-state index contributed by atoms with van der Waals surface area (Å²) in [4.78, 5) is 7.34. The van der Waals surface area contributed by atoms with E-state index < -0.39 is 0 Å². The van der Waals surface area contributed by atoms with Gasteiger partial charge in [-0.25, -0.2) is 0 Å². The number of rotatable bonds is 7. The van der Waals surface area contributed by atoms with Gasteiger partial charge in [-0.05, 0) is 63.2 Å². The van der Waals surface area contributed by atoms with E-state index in [1.165, 1.54) is 11.3 Å². The van der Waals surface area contributed by atoms with Crippen LogP contribution in [0.4, 0.5) is 11.4 Å². The molecule has 0 bridgehead atoms. The van der Waals surface area contributed by atoms with Crippen LogP contribution in [-0.2, 0) is 13.1 Å². The Morgan fingerprint density at radius 1 is 1.17 bits per heavy atom. The van der Waals surface area contributed by atoms with Gasteiger partial charge in [-0.2, -0.15) is 5.10 Å². The summed E-state index contributed by atoms with van der Waals surface area (Å²) >= 11 is 0. The van der Waals surface area contributed by atoms with Gasteiger partial charge in [-0.15, -0.1) is 0 Å². The summed E-state index contributed by atoms with van der Waals surface area (Å²) in [6.45, 7) is 8.19. The topological polar surface area (TPSA) is 55.2 Å². The molecule has 4 rings (SSSR count). The van der Waals surface area contributed by atoms with Crippen LogP contribution in [0.5, 0.6) is 5.75 Å². The molecule has 0 unspecified atom stereocenters. The van der Waals surface area contributed by atoms with Crippen LogP contribution < -0.4 is 10.1 Å². The SMILES string of the molecule is CCn1cc(CN2CC[C@H](c3cc(Nc4ccc(OC)cc4)cc(C)n3)C2)cn1. The third-order valence-electron chi connectivity index (χ3n) is 5.46. The number of methoxy groups -OCH3 is 1. The monoisotopic (exact) mass is 391 g/mol. The van der Waals surface area contributed by atoms with Crippen LogP contribution in [0.1, 0.15) is 36.2 Å². The predicted octanol–water partition coefficient (Wildman–Crippen LogP) is 4.35. The van der Waals surface area contributed by atoms with Crippen LogP contribution in [0.3, 0.4) is 0 Å². The summed E-state index contributed by atoms with van der Waals surface area (Å²) in [6.07, 6.45) is 5.27. The Hall–Kier alpha value is -2.86. The zero-order valence-electron chi connectivity index (χ0n) is 17.4. The fraction of sp³-hybridized carbons (Fsp3) is 0.391. The lowest BCUT2D eigenvalue weighted by molar-refractivity contribution is 0.326. The van der Waals surface area contributed by atoms with Crippen molar-refractivity contribution < 1.29 is 4.74 Å². The molecule has 1 aliphatic rings. The van der Waals surface area contributed by atoms with Gasteiger partial charge in [0.1, 0.15) is 5.75 Å². The van der Waals surface area contributed by atoms with Gasteiger partial charge < -0.3 is 10.1 Å². The molecule has 29 heavy (non-hydrogen) atoms. The molecule has 6 nitrogen and oxygen atoms in total. The van der Waals surface area contributed by atoms with Gasteiger partial charge in [-0.1, -0.05) is 0 Å². The Labute approximate surface area is 172 Å². The summed E-state index contributed by atoms with van der Waals surface area (Å²) in [5.41, 5.74) is 5.63. The first kappa shape index (κ1) is 19.5. The molecule has 1 fully saturated rings. The van der Waals surface area contributed by atoms with Gasteiger partial charge in [-0.3, -0.25) is 14.6 Å². The van der Waals surface area contributed by atoms with Crippen molar-refractivity contribution in [3.63, 3.8) is 0 Å². The van der Waals surface area contributed by atoms with Crippen LogP contribution >= 0.6 is 0 Å². The minimum atomic E-state index is 0.465. The largest absolute Gasteiger partial charge is 0.497 e. The number of hydrogen-bond acceptors (Lipinski definition) is 5. The fourth-order valence-electron chi connectivity index (χ4n) is 3.95. The summed E-state index contributed by atoms with van der Waals surface area (Å²) in [6, 6.07) is 12.3. The molecule has 3 heterocycles. The molecule has 0 aliphatic carbocycles. The van der Waals surface area contributed by atoms with E-state index in [9.17, 15) is 0 Å². The number of nitrogens with zero attached hydrogens (tertiary/aromatic N) is 4. The summed E-state index contributed by atoms with van der Waals surface area (Å²) in [5.74, 6) is 1.32. The molecule has 2 aromatic heterocycles. The molecule has 1 saturated heterocycles. The van der Waals surface area contributed by atoms with Crippen LogP contribution in [0.2, 0.25) is 0 Å². The highest BCUT2D eigenvalue weighted by molar-refractivity contribution is 5.61. The maximum Gasteiger partial charge on any atom is 0.119 e. The molecule has 6 heteroatoms. The van der Waals surface area contributed by atoms with E-state index in [4.69, 9.17) is 9.72 Å². The molecule has 1 aliphatic heterocycles. The highest BCUT2D eigenvalue weighted by Crippen LogP contribution is 2.30. The highest BCUT2D eigenvalue weighted by atomic mass is 16.5. The Kier molecular flexibility index (Phi) is 5.81. The first-order valence-electron chi connectivity index (χ1n) is 10.3. The second-order valence-electron chi connectivity index (χ2n) is 7.70. The Morgan fingerprint density at radius 2 is 2.00 bits per heavy atom. The molecule has 3 aromatic rings. The van der Waals surface area contributed by atoms with E-state index in [1.807, 2.05) is 35.1 Å². The van der Waals surface area contributed by atoms with Crippen molar-refractivity contribution in [1.29, 1.82) is 0 Å². The Balaban J connectivity index is 1.43. The van der Waals surface area contributed by atoms with Crippen molar-refractivity contribution in [2.75, 3.05) is 25.5 Å². The third kappa shape index (κ3) is 4.77. The van der Waals surface area contributed by atoms with Crippen molar-refractivity contribution in [2.24, 2.45) is 0 Å². The maximum atomic E-state index is 5.24. The van der Waals surface area contributed by atoms with Crippen molar-refractivity contribution in [1.82, 2.24) is 19.7 Å². The van der Waals surface area contributed by atoms with Gasteiger partial charge in [0.25, 0.3) is 0 Å². The first-order valence-corrected chi connectivity index (χ1v) is 10.3. The van der Waals surface area contributed by atoms with Crippen LogP contribution in [0.25, 0.3) is 0 Å². The van der Waals surface area contributed by atoms with Gasteiger partial charge in [0.2, 0.25) is 0 Å². The van der Waals surface area contributed by atoms with E-state index in [0.717, 1.165) is 55.4 Å². The number of ether oxygens (including phenoxy) is 1. The minimum Gasteiger partial charge on any atom is -0.497 e. The molecule has 1 N–H and O–H groups in total. The lowest BCUT2D eigenvalue weighted by Crippen LogP contribution is -2.19. The van der Waals surface area contributed by atoms with Crippen LogP contribution in [0.15, 0.2) is 48.8 Å². The molecule has 0 saturated carbocycles. The number of likely N-dealkylation sites (tertiary alicyclic amines) is 1. The quantitative estimate of drug-likeness (QED) is 0.649. The van der Waals surface area contributed by atoms with Crippen LogP contribution in [0, 0.1) is 6.92 Å². The van der Waals surface area contributed by atoms with Gasteiger partial charge >= 0.3 is 0 Å². The molecule has 0 radical (unpaired) electrons. The molecular weight excluding hydrogens is 362 g/mol. The van der Waals surface area contributed by atoms with E-state index >= 15 is 0 Å². The second-order valence-corrected chi connectivity index (χ2v) is 7.70. The van der Waals surface area contributed by atoms with Crippen molar-refractivity contribution in [3.05, 3.63) is 65.7 Å². The first-order chi connectivity index (χ1) is 14.1. The van der Waals surface area contributed by atoms with Crippen molar-refractivity contribution in [2.45, 2.75) is 39.3 Å². The number of pyridine rings is 1. The zero-order chi connectivity index (χ0) is 20.2. The highest BCUT2D eigenvalue weighted by Gasteiger charge is 2.25. The molecule has 0 amide bonds. The molecule has 0 spiro atoms. The molecule has 1 aromatic carbocycles. The number of hydrogen-bond donors (Lipinski definition) is 1. The summed E-state index contributed by atoms with van der Waals surface area (Å²) in [7, 11) is 1.68. The minimum absolute atomic E-state index is 0.465. The lowest BCUT2D eigenvalue weighted by atomic mass is 10.0. The van der Waals surface area contributed by atoms with E-state index in [1.54, 1.807) is 7.11 Å². The smallest absolute Gasteiger partial charge is 0.119 e. The maximum absolute atomic E-state index is 5.24.